The molecular weight excluding hydrogens is 260 g/mol. The van der Waals surface area contributed by atoms with Crippen molar-refractivity contribution in [2.24, 2.45) is 0 Å². The van der Waals surface area contributed by atoms with Gasteiger partial charge in [0.25, 0.3) is 0 Å². The van der Waals surface area contributed by atoms with E-state index >= 15 is 0 Å². The molecule has 0 amide bonds. The number of benzene rings is 1. The molecule has 0 N–H and O–H groups in total. The molecule has 2 rings (SSSR count). The van der Waals surface area contributed by atoms with Crippen molar-refractivity contribution in [2.75, 3.05) is 0 Å². The fraction of sp³-hybridized carbons (Fsp3) is 0.0833. The van der Waals surface area contributed by atoms with Crippen LogP contribution in [-0.2, 0) is 4.79 Å². The number of hydrogen-bond acceptors (Lipinski definition) is 3. The van der Waals surface area contributed by atoms with E-state index in [0.29, 0.717) is 5.03 Å². The van der Waals surface area contributed by atoms with Crippen molar-refractivity contribution >= 4 is 44.5 Å². The molecule has 1 aromatic rings. The van der Waals surface area contributed by atoms with Gasteiger partial charge in [-0.2, -0.15) is 0 Å². The molecule has 0 bridgehead atoms. The van der Waals surface area contributed by atoms with Gasteiger partial charge < -0.3 is 0 Å². The number of rotatable bonds is 2. The fourth-order valence-electron chi connectivity index (χ4n) is 1.35. The van der Waals surface area contributed by atoms with Crippen LogP contribution in [0.4, 0.5) is 0 Å². The first-order chi connectivity index (χ1) is 7.70. The predicted octanol–water partition coefficient (Wildman–Crippen LogP) is 4.46. The molecule has 0 radical (unpaired) electrons. The van der Waals surface area contributed by atoms with Crippen LogP contribution in [-0.4, -0.2) is 5.78 Å². The number of hydrogen-bond donors (Lipinski definition) is 0. The van der Waals surface area contributed by atoms with Crippen LogP contribution in [0.15, 0.2) is 45.7 Å². The summed E-state index contributed by atoms with van der Waals surface area (Å²) in [5, 5.41) is 2.35. The summed E-state index contributed by atoms with van der Waals surface area (Å²) in [5.41, 5.74) is 2.13. The van der Waals surface area contributed by atoms with Gasteiger partial charge in [0.15, 0.2) is 5.78 Å². The fourth-order valence-corrected chi connectivity index (χ4v) is 4.00. The van der Waals surface area contributed by atoms with Gasteiger partial charge in [-0.25, -0.2) is 0 Å². The van der Waals surface area contributed by atoms with Crippen molar-refractivity contribution in [3.05, 3.63) is 51.2 Å². The number of ketones is 1. The van der Waals surface area contributed by atoms with E-state index < -0.39 is 0 Å². The first kappa shape index (κ1) is 11.8. The first-order valence-electron chi connectivity index (χ1n) is 4.70. The van der Waals surface area contributed by atoms with E-state index in [9.17, 15) is 4.79 Å². The molecule has 0 unspecified atom stereocenters. The lowest BCUT2D eigenvalue weighted by Gasteiger charge is -2.05. The maximum absolute atomic E-state index is 11.3. The standard InChI is InChI=1S/C12H9ClOS2/c1-8(14)11(13)12-10(7-15-16-12)9-5-3-2-4-6-9/h2-7H,1H3/b12-11+. The molecule has 0 saturated heterocycles. The van der Waals surface area contributed by atoms with E-state index in [2.05, 4.69) is 0 Å². The average molecular weight is 269 g/mol. The average Bonchev–Trinajstić information content (AvgIpc) is 2.77. The van der Waals surface area contributed by atoms with Crippen LogP contribution < -0.4 is 0 Å². The summed E-state index contributed by atoms with van der Waals surface area (Å²) >= 11 is 6.02. The number of Topliss-reactive ketones (excluding diaryl/α,β-unsaturated/α-hetero) is 1. The monoisotopic (exact) mass is 268 g/mol. The van der Waals surface area contributed by atoms with Crippen LogP contribution in [0.3, 0.4) is 0 Å². The van der Waals surface area contributed by atoms with Crippen molar-refractivity contribution < 1.29 is 4.79 Å². The van der Waals surface area contributed by atoms with Gasteiger partial charge in [0.05, 0.1) is 5.03 Å². The molecule has 1 aromatic carbocycles. The summed E-state index contributed by atoms with van der Waals surface area (Å²) in [6, 6.07) is 9.95. The van der Waals surface area contributed by atoms with E-state index in [1.54, 1.807) is 10.8 Å². The molecule has 16 heavy (non-hydrogen) atoms. The largest absolute Gasteiger partial charge is 0.293 e. The van der Waals surface area contributed by atoms with E-state index in [1.165, 1.54) is 17.7 Å². The van der Waals surface area contributed by atoms with E-state index in [4.69, 9.17) is 11.6 Å². The highest BCUT2D eigenvalue weighted by atomic mass is 35.5. The SMILES string of the molecule is CC(=O)/C(Cl)=C1\SSC=C1c1ccccc1. The van der Waals surface area contributed by atoms with E-state index in [1.807, 2.05) is 35.7 Å². The molecule has 1 nitrogen and oxygen atoms in total. The molecular formula is C12H9ClOS2. The quantitative estimate of drug-likeness (QED) is 0.582. The molecule has 1 heterocycles. The summed E-state index contributed by atoms with van der Waals surface area (Å²) in [6.07, 6.45) is 0. The maximum atomic E-state index is 11.3. The molecule has 0 saturated carbocycles. The van der Waals surface area contributed by atoms with Gasteiger partial charge >= 0.3 is 0 Å². The zero-order valence-corrected chi connectivity index (χ0v) is 11.0. The minimum atomic E-state index is -0.0894. The minimum Gasteiger partial charge on any atom is -0.293 e. The molecule has 82 valence electrons. The topological polar surface area (TPSA) is 17.1 Å². The summed E-state index contributed by atoms with van der Waals surface area (Å²) in [7, 11) is 3.12. The Hall–Kier alpha value is -0.640. The van der Waals surface area contributed by atoms with Crippen LogP contribution in [0.1, 0.15) is 12.5 Å². The number of allylic oxidation sites excluding steroid dienone is 2. The highest BCUT2D eigenvalue weighted by Crippen LogP contribution is 2.50. The summed E-state index contributed by atoms with van der Waals surface area (Å²) in [5.74, 6) is -0.0894. The molecule has 1 aliphatic heterocycles. The van der Waals surface area contributed by atoms with Crippen LogP contribution in [0.5, 0.6) is 0 Å². The summed E-state index contributed by atoms with van der Waals surface area (Å²) < 4.78 is 0. The zero-order valence-electron chi connectivity index (χ0n) is 8.57. The maximum Gasteiger partial charge on any atom is 0.172 e. The normalized spacial score (nSPS) is 18.2. The van der Waals surface area contributed by atoms with Crippen molar-refractivity contribution in [1.29, 1.82) is 0 Å². The Kier molecular flexibility index (Phi) is 3.79. The van der Waals surface area contributed by atoms with Gasteiger partial charge in [-0.05, 0) is 11.0 Å². The minimum absolute atomic E-state index is 0.0894. The zero-order chi connectivity index (χ0) is 11.5. The second-order valence-corrected chi connectivity index (χ2v) is 5.73. The Bertz CT molecular complexity index is 477. The highest BCUT2D eigenvalue weighted by molar-refractivity contribution is 8.80. The molecule has 1 aliphatic rings. The Labute approximate surface area is 107 Å². The van der Waals surface area contributed by atoms with E-state index in [-0.39, 0.29) is 5.78 Å². The highest BCUT2D eigenvalue weighted by Gasteiger charge is 2.20. The lowest BCUT2D eigenvalue weighted by molar-refractivity contribution is -0.113. The van der Waals surface area contributed by atoms with Crippen LogP contribution >= 0.6 is 33.2 Å². The Morgan fingerprint density at radius 2 is 1.94 bits per heavy atom. The Morgan fingerprint density at radius 1 is 1.25 bits per heavy atom. The summed E-state index contributed by atoms with van der Waals surface area (Å²) in [4.78, 5) is 12.1. The molecule has 0 aromatic heterocycles. The third-order valence-corrected chi connectivity index (χ3v) is 4.80. The van der Waals surface area contributed by atoms with Crippen molar-refractivity contribution in [1.82, 2.24) is 0 Å². The first-order valence-corrected chi connectivity index (χ1v) is 7.29. The van der Waals surface area contributed by atoms with Crippen molar-refractivity contribution in [3.63, 3.8) is 0 Å². The third-order valence-electron chi connectivity index (χ3n) is 2.14. The number of halogens is 1. The third kappa shape index (κ3) is 2.37. The van der Waals surface area contributed by atoms with Crippen molar-refractivity contribution in [2.45, 2.75) is 6.92 Å². The molecule has 0 fully saturated rings. The van der Waals surface area contributed by atoms with Crippen LogP contribution in [0.2, 0.25) is 0 Å². The second kappa shape index (κ2) is 5.13. The molecule has 0 spiro atoms. The lowest BCUT2D eigenvalue weighted by Crippen LogP contribution is -1.93. The van der Waals surface area contributed by atoms with Gasteiger partial charge in [0.1, 0.15) is 0 Å². The van der Waals surface area contributed by atoms with Crippen molar-refractivity contribution in [3.8, 4) is 0 Å². The van der Waals surface area contributed by atoms with Crippen LogP contribution in [0.25, 0.3) is 5.57 Å². The molecule has 0 atom stereocenters. The van der Waals surface area contributed by atoms with Gasteiger partial charge in [-0.3, -0.25) is 4.79 Å². The van der Waals surface area contributed by atoms with Crippen LogP contribution in [0, 0.1) is 0 Å². The molecule has 0 aliphatic carbocycles. The Balaban J connectivity index is 2.43. The number of carbonyl (C=O) groups is 1. The molecule has 4 heteroatoms. The van der Waals surface area contributed by atoms with Gasteiger partial charge in [-0.1, -0.05) is 63.5 Å². The second-order valence-electron chi connectivity index (χ2n) is 3.28. The van der Waals surface area contributed by atoms with E-state index in [0.717, 1.165) is 16.0 Å². The Morgan fingerprint density at radius 3 is 2.56 bits per heavy atom. The smallest absolute Gasteiger partial charge is 0.172 e. The van der Waals surface area contributed by atoms with Gasteiger partial charge in [-0.15, -0.1) is 0 Å². The van der Waals surface area contributed by atoms with Gasteiger partial charge in [0, 0.05) is 17.4 Å². The predicted molar refractivity (Wildman–Crippen MR) is 73.2 cm³/mol. The van der Waals surface area contributed by atoms with Gasteiger partial charge in [0.2, 0.25) is 0 Å². The summed E-state index contributed by atoms with van der Waals surface area (Å²) in [6.45, 7) is 1.49. The number of carbonyl (C=O) groups excluding carboxylic acids is 1. The lowest BCUT2D eigenvalue weighted by atomic mass is 10.1.